The number of nitrogens with one attached hydrogen (secondary N) is 1. The van der Waals surface area contributed by atoms with Gasteiger partial charge in [-0.2, -0.15) is 0 Å². The Morgan fingerprint density at radius 1 is 1.00 bits per heavy atom. The van der Waals surface area contributed by atoms with Crippen molar-refractivity contribution in [2.45, 2.75) is 38.1 Å². The third-order valence-corrected chi connectivity index (χ3v) is 5.77. The topological polar surface area (TPSA) is 67.8 Å². The Labute approximate surface area is 159 Å². The summed E-state index contributed by atoms with van der Waals surface area (Å²) >= 11 is 0. The molecule has 0 amide bonds. The van der Waals surface area contributed by atoms with Gasteiger partial charge in [0.15, 0.2) is 0 Å². The van der Waals surface area contributed by atoms with Crippen LogP contribution < -0.4 is 5.48 Å². The van der Waals surface area contributed by atoms with Crippen molar-refractivity contribution in [1.82, 2.24) is 5.48 Å². The Kier molecular flexibility index (Phi) is 5.53. The lowest BCUT2D eigenvalue weighted by atomic mass is 9.76. The van der Waals surface area contributed by atoms with Gasteiger partial charge in [-0.1, -0.05) is 42.5 Å². The largest absolute Gasteiger partial charge is 0.478 e. The summed E-state index contributed by atoms with van der Waals surface area (Å²) in [5.74, 6) is -0.0339. The van der Waals surface area contributed by atoms with Crippen LogP contribution in [0.5, 0.6) is 0 Å². The minimum atomic E-state index is -0.887. The highest BCUT2D eigenvalue weighted by atomic mass is 16.6. The Hall–Kier alpha value is -2.21. The van der Waals surface area contributed by atoms with E-state index in [1.54, 1.807) is 12.1 Å². The molecule has 0 saturated carbocycles. The maximum absolute atomic E-state index is 11.0. The van der Waals surface area contributed by atoms with E-state index in [0.29, 0.717) is 36.2 Å². The van der Waals surface area contributed by atoms with E-state index < -0.39 is 5.97 Å². The fourth-order valence-corrected chi connectivity index (χ4v) is 4.36. The summed E-state index contributed by atoms with van der Waals surface area (Å²) in [6.07, 6.45) is 3.74. The molecule has 0 aromatic heterocycles. The van der Waals surface area contributed by atoms with Crippen LogP contribution in [-0.2, 0) is 22.6 Å². The second-order valence-corrected chi connectivity index (χ2v) is 7.45. The fraction of sp³-hybridized carbons (Fsp3) is 0.409. The van der Waals surface area contributed by atoms with E-state index in [1.807, 2.05) is 42.5 Å². The summed E-state index contributed by atoms with van der Waals surface area (Å²) in [5.41, 5.74) is 5.78. The van der Waals surface area contributed by atoms with Crippen molar-refractivity contribution in [3.05, 3.63) is 71.3 Å². The molecule has 2 bridgehead atoms. The Morgan fingerprint density at radius 3 is 2.41 bits per heavy atom. The lowest BCUT2D eigenvalue weighted by molar-refractivity contribution is 0.00870. The molecule has 4 rings (SSSR count). The summed E-state index contributed by atoms with van der Waals surface area (Å²) in [6.45, 7) is 1.32. The second kappa shape index (κ2) is 8.21. The van der Waals surface area contributed by atoms with Gasteiger partial charge >= 0.3 is 5.97 Å². The average Bonchev–Trinajstić information content (AvgIpc) is 3.29. The molecule has 0 unspecified atom stereocenters. The van der Waals surface area contributed by atoms with E-state index in [0.717, 1.165) is 36.9 Å². The van der Waals surface area contributed by atoms with Crippen LogP contribution in [0.15, 0.2) is 54.6 Å². The van der Waals surface area contributed by atoms with Crippen LogP contribution in [0.4, 0.5) is 0 Å². The van der Waals surface area contributed by atoms with Gasteiger partial charge in [-0.25, -0.2) is 10.3 Å². The first-order chi connectivity index (χ1) is 13.2. The minimum Gasteiger partial charge on any atom is -0.478 e. The van der Waals surface area contributed by atoms with Crippen molar-refractivity contribution in [2.75, 3.05) is 6.54 Å². The van der Waals surface area contributed by atoms with Crippen LogP contribution in [0, 0.1) is 11.8 Å². The first-order valence-electron chi connectivity index (χ1n) is 9.57. The molecule has 2 aliphatic heterocycles. The Morgan fingerprint density at radius 2 is 1.70 bits per heavy atom. The van der Waals surface area contributed by atoms with Crippen molar-refractivity contribution < 1.29 is 19.5 Å². The summed E-state index contributed by atoms with van der Waals surface area (Å²) in [6, 6.07) is 17.3. The molecule has 2 aromatic carbocycles. The van der Waals surface area contributed by atoms with E-state index in [2.05, 4.69) is 5.48 Å². The van der Waals surface area contributed by atoms with Crippen molar-refractivity contribution in [3.63, 3.8) is 0 Å². The normalized spacial score (nSPS) is 26.4. The third-order valence-electron chi connectivity index (χ3n) is 5.77. The highest BCUT2D eigenvalue weighted by Gasteiger charge is 2.48. The lowest BCUT2D eigenvalue weighted by Gasteiger charge is -2.28. The van der Waals surface area contributed by atoms with Crippen molar-refractivity contribution in [3.8, 4) is 0 Å². The number of aromatic carboxylic acids is 1. The molecule has 2 aromatic rings. The second-order valence-electron chi connectivity index (χ2n) is 7.45. The van der Waals surface area contributed by atoms with Crippen LogP contribution in [0.1, 0.15) is 34.3 Å². The minimum absolute atomic E-state index is 0.297. The Balaban J connectivity index is 1.33. The number of hydrogen-bond donors (Lipinski definition) is 2. The molecule has 142 valence electrons. The predicted octanol–water partition coefficient (Wildman–Crippen LogP) is 3.44. The van der Waals surface area contributed by atoms with Gasteiger partial charge in [-0.3, -0.25) is 4.84 Å². The number of hydrogen-bond acceptors (Lipinski definition) is 4. The van der Waals surface area contributed by atoms with Gasteiger partial charge in [0.05, 0.1) is 24.4 Å². The van der Waals surface area contributed by atoms with Crippen LogP contribution in [0.25, 0.3) is 0 Å². The summed E-state index contributed by atoms with van der Waals surface area (Å²) in [7, 11) is 0. The van der Waals surface area contributed by atoms with Crippen LogP contribution in [0.3, 0.4) is 0 Å². The van der Waals surface area contributed by atoms with Gasteiger partial charge in [-0.05, 0) is 48.4 Å². The predicted molar refractivity (Wildman–Crippen MR) is 101 cm³/mol. The molecule has 4 atom stereocenters. The quantitative estimate of drug-likeness (QED) is 0.553. The number of carboxylic acid groups (broad SMARTS) is 1. The van der Waals surface area contributed by atoms with Crippen LogP contribution >= 0.6 is 0 Å². The van der Waals surface area contributed by atoms with Crippen molar-refractivity contribution in [1.29, 1.82) is 0 Å². The lowest BCUT2D eigenvalue weighted by Crippen LogP contribution is -2.36. The highest BCUT2D eigenvalue weighted by Crippen LogP contribution is 2.44. The summed E-state index contributed by atoms with van der Waals surface area (Å²) in [5, 5.41) is 9.05. The molecule has 0 spiro atoms. The monoisotopic (exact) mass is 367 g/mol. The van der Waals surface area contributed by atoms with E-state index in [9.17, 15) is 4.79 Å². The molecule has 0 aliphatic carbocycles. The van der Waals surface area contributed by atoms with E-state index in [4.69, 9.17) is 14.7 Å². The zero-order valence-corrected chi connectivity index (χ0v) is 15.2. The molecule has 0 radical (unpaired) electrons. The van der Waals surface area contributed by atoms with E-state index in [1.165, 1.54) is 0 Å². The van der Waals surface area contributed by atoms with Gasteiger partial charge in [0.2, 0.25) is 0 Å². The number of carbonyl (C=O) groups is 1. The molecular weight excluding hydrogens is 342 g/mol. The number of fused-ring (bicyclic) bond motifs is 2. The number of benzene rings is 2. The molecule has 2 saturated heterocycles. The SMILES string of the molecule is O=C(O)c1ccc(C[C@@H]2[C@@H](CNOCc3ccccc3)[C@@H]3CC[C@H]2O3)cc1. The molecule has 5 nitrogen and oxygen atoms in total. The van der Waals surface area contributed by atoms with Gasteiger partial charge in [0.1, 0.15) is 0 Å². The van der Waals surface area contributed by atoms with Gasteiger partial charge in [-0.15, -0.1) is 0 Å². The smallest absolute Gasteiger partial charge is 0.335 e. The average molecular weight is 367 g/mol. The van der Waals surface area contributed by atoms with Gasteiger partial charge in [0, 0.05) is 12.5 Å². The standard InChI is InChI=1S/C22H25NO4/c24-22(25)17-8-6-15(7-9-17)12-18-19(21-11-10-20(18)27-21)13-23-26-14-16-4-2-1-3-5-16/h1-9,18-21,23H,10-14H2,(H,24,25)/t18-,19-,20-,21+/m1/s1. The molecule has 2 fully saturated rings. The van der Waals surface area contributed by atoms with Gasteiger partial charge < -0.3 is 9.84 Å². The first kappa shape index (κ1) is 18.2. The number of carboxylic acids is 1. The van der Waals surface area contributed by atoms with Crippen LogP contribution in [0.2, 0.25) is 0 Å². The molecule has 2 N–H and O–H groups in total. The summed E-state index contributed by atoms with van der Waals surface area (Å²) in [4.78, 5) is 16.7. The first-order valence-corrected chi connectivity index (χ1v) is 9.57. The van der Waals surface area contributed by atoms with Crippen molar-refractivity contribution >= 4 is 5.97 Å². The Bertz CT molecular complexity index is 762. The molecular formula is C22H25NO4. The number of rotatable bonds is 8. The molecule has 2 heterocycles. The third kappa shape index (κ3) is 4.21. The van der Waals surface area contributed by atoms with E-state index in [-0.39, 0.29) is 0 Å². The maximum Gasteiger partial charge on any atom is 0.335 e. The zero-order chi connectivity index (χ0) is 18.6. The van der Waals surface area contributed by atoms with E-state index >= 15 is 0 Å². The molecule has 27 heavy (non-hydrogen) atoms. The van der Waals surface area contributed by atoms with Crippen LogP contribution in [-0.4, -0.2) is 29.8 Å². The number of ether oxygens (including phenoxy) is 1. The maximum atomic E-state index is 11.0. The van der Waals surface area contributed by atoms with Crippen molar-refractivity contribution in [2.24, 2.45) is 11.8 Å². The number of hydroxylamine groups is 1. The summed E-state index contributed by atoms with van der Waals surface area (Å²) < 4.78 is 6.16. The molecule has 2 aliphatic rings. The van der Waals surface area contributed by atoms with Gasteiger partial charge in [0.25, 0.3) is 0 Å². The molecule has 5 heteroatoms. The highest BCUT2D eigenvalue weighted by molar-refractivity contribution is 5.87. The fourth-order valence-electron chi connectivity index (χ4n) is 4.36. The zero-order valence-electron chi connectivity index (χ0n) is 15.2.